The van der Waals surface area contributed by atoms with Gasteiger partial charge in [-0.15, -0.1) is 0 Å². The van der Waals surface area contributed by atoms with E-state index in [4.69, 9.17) is 5.11 Å². The fourth-order valence-electron chi connectivity index (χ4n) is 1.22. The topological polar surface area (TPSA) is 96.3 Å². The van der Waals surface area contributed by atoms with Crippen molar-refractivity contribution in [2.24, 2.45) is 0 Å². The van der Waals surface area contributed by atoms with Crippen molar-refractivity contribution in [1.82, 2.24) is 20.2 Å². The molecule has 0 radical (unpaired) electrons. The number of aromatic nitrogens is 2. The molecule has 1 aromatic heterocycles. The molecular formula is C10H16N4O3S. The predicted octanol–water partition coefficient (Wildman–Crippen LogP) is 0.243. The van der Waals surface area contributed by atoms with Crippen molar-refractivity contribution in [2.75, 3.05) is 25.1 Å². The number of carbonyl (C=O) groups excluding carboxylic acids is 1. The molecule has 1 aromatic rings. The highest BCUT2D eigenvalue weighted by Crippen LogP contribution is 1.95. The molecule has 0 aliphatic carbocycles. The van der Waals surface area contributed by atoms with Crippen LogP contribution in [0, 0.1) is 0 Å². The Labute approximate surface area is 109 Å². The number of carboxylic acid groups (broad SMARTS) is 1. The summed E-state index contributed by atoms with van der Waals surface area (Å²) in [5.74, 6) is -0.187. The highest BCUT2D eigenvalue weighted by atomic mass is 32.2. The molecule has 0 saturated heterocycles. The van der Waals surface area contributed by atoms with Crippen LogP contribution in [-0.2, 0) is 6.54 Å². The van der Waals surface area contributed by atoms with Crippen LogP contribution >= 0.6 is 11.8 Å². The second kappa shape index (κ2) is 7.59. The fraction of sp³-hybridized carbons (Fsp3) is 0.500. The predicted molar refractivity (Wildman–Crippen MR) is 69.0 cm³/mol. The molecule has 1 rings (SSSR count). The van der Waals surface area contributed by atoms with Crippen LogP contribution in [0.15, 0.2) is 12.5 Å². The number of imidazole rings is 1. The van der Waals surface area contributed by atoms with E-state index in [1.54, 1.807) is 16.3 Å². The van der Waals surface area contributed by atoms with E-state index in [0.717, 1.165) is 5.75 Å². The Morgan fingerprint density at radius 2 is 2.17 bits per heavy atom. The molecule has 8 heteroatoms. The molecule has 1 heterocycles. The maximum absolute atomic E-state index is 11.3. The average Bonchev–Trinajstić information content (AvgIpc) is 2.78. The van der Waals surface area contributed by atoms with Gasteiger partial charge in [0.2, 0.25) is 0 Å². The quantitative estimate of drug-likeness (QED) is 0.618. The molecule has 0 aliphatic heterocycles. The van der Waals surface area contributed by atoms with Gasteiger partial charge < -0.3 is 20.3 Å². The fourth-order valence-corrected chi connectivity index (χ4v) is 1.53. The van der Waals surface area contributed by atoms with Gasteiger partial charge in [0.25, 0.3) is 0 Å². The van der Waals surface area contributed by atoms with E-state index in [0.29, 0.717) is 19.6 Å². The summed E-state index contributed by atoms with van der Waals surface area (Å²) >= 11 is 1.66. The lowest BCUT2D eigenvalue weighted by Gasteiger charge is -2.07. The van der Waals surface area contributed by atoms with Crippen molar-refractivity contribution in [2.45, 2.75) is 6.54 Å². The Kier molecular flexibility index (Phi) is 6.06. The summed E-state index contributed by atoms with van der Waals surface area (Å²) in [7, 11) is 0. The number of aromatic carboxylic acids is 1. The molecule has 2 amide bonds. The van der Waals surface area contributed by atoms with E-state index in [1.807, 2.05) is 6.26 Å². The highest BCUT2D eigenvalue weighted by molar-refractivity contribution is 7.98. The minimum absolute atomic E-state index is 0.000535. The first-order valence-corrected chi connectivity index (χ1v) is 6.78. The zero-order valence-corrected chi connectivity index (χ0v) is 10.9. The summed E-state index contributed by atoms with van der Waals surface area (Å²) in [4.78, 5) is 25.6. The lowest BCUT2D eigenvalue weighted by molar-refractivity contribution is 0.0691. The third-order valence-corrected chi connectivity index (χ3v) is 2.71. The van der Waals surface area contributed by atoms with Crippen molar-refractivity contribution in [3.63, 3.8) is 0 Å². The zero-order valence-electron chi connectivity index (χ0n) is 10.0. The maximum atomic E-state index is 11.3. The first-order valence-electron chi connectivity index (χ1n) is 5.39. The smallest absolute Gasteiger partial charge is 0.356 e. The molecule has 0 aliphatic rings. The second-order valence-electron chi connectivity index (χ2n) is 3.48. The van der Waals surface area contributed by atoms with Gasteiger partial charge >= 0.3 is 12.0 Å². The van der Waals surface area contributed by atoms with Crippen molar-refractivity contribution < 1.29 is 14.7 Å². The number of nitrogens with one attached hydrogen (secondary N) is 2. The number of urea groups is 1. The molecule has 0 unspecified atom stereocenters. The molecule has 0 saturated carbocycles. The maximum Gasteiger partial charge on any atom is 0.356 e. The Morgan fingerprint density at radius 3 is 2.78 bits per heavy atom. The first kappa shape index (κ1) is 14.4. The molecule has 0 atom stereocenters. The summed E-state index contributed by atoms with van der Waals surface area (Å²) in [6.07, 6.45) is 4.82. The van der Waals surface area contributed by atoms with Gasteiger partial charge in [-0.2, -0.15) is 11.8 Å². The Balaban J connectivity index is 2.20. The highest BCUT2D eigenvalue weighted by Gasteiger charge is 2.06. The molecule has 18 heavy (non-hydrogen) atoms. The lowest BCUT2D eigenvalue weighted by Crippen LogP contribution is -2.38. The molecule has 3 N–H and O–H groups in total. The number of nitrogens with zero attached hydrogens (tertiary/aromatic N) is 2. The van der Waals surface area contributed by atoms with Gasteiger partial charge in [-0.25, -0.2) is 14.6 Å². The molecule has 0 fully saturated rings. The van der Waals surface area contributed by atoms with E-state index in [-0.39, 0.29) is 11.7 Å². The Bertz CT molecular complexity index is 408. The van der Waals surface area contributed by atoms with E-state index >= 15 is 0 Å². The lowest BCUT2D eigenvalue weighted by atomic mass is 10.5. The number of amides is 2. The van der Waals surface area contributed by atoms with Gasteiger partial charge in [-0.1, -0.05) is 0 Å². The van der Waals surface area contributed by atoms with Crippen LogP contribution in [0.3, 0.4) is 0 Å². The zero-order chi connectivity index (χ0) is 13.4. The van der Waals surface area contributed by atoms with Crippen LogP contribution < -0.4 is 10.6 Å². The number of thioether (sulfide) groups is 1. The van der Waals surface area contributed by atoms with Gasteiger partial charge in [0.05, 0.1) is 6.33 Å². The van der Waals surface area contributed by atoms with Crippen LogP contribution in [0.4, 0.5) is 4.79 Å². The number of carbonyl (C=O) groups is 2. The van der Waals surface area contributed by atoms with Crippen LogP contribution in [-0.4, -0.2) is 51.8 Å². The minimum atomic E-state index is -1.06. The van der Waals surface area contributed by atoms with Crippen molar-refractivity contribution in [3.05, 3.63) is 18.2 Å². The summed E-state index contributed by atoms with van der Waals surface area (Å²) < 4.78 is 1.62. The van der Waals surface area contributed by atoms with Crippen molar-refractivity contribution >= 4 is 23.8 Å². The molecule has 0 spiro atoms. The summed E-state index contributed by atoms with van der Waals surface area (Å²) in [5, 5.41) is 14.1. The van der Waals surface area contributed by atoms with E-state index in [2.05, 4.69) is 15.6 Å². The van der Waals surface area contributed by atoms with Crippen LogP contribution in [0.25, 0.3) is 0 Å². The number of rotatable bonds is 7. The normalized spacial score (nSPS) is 10.1. The molecule has 0 bridgehead atoms. The van der Waals surface area contributed by atoms with Crippen molar-refractivity contribution in [1.29, 1.82) is 0 Å². The summed E-state index contributed by atoms with van der Waals surface area (Å²) in [6.45, 7) is 1.53. The van der Waals surface area contributed by atoms with Gasteiger partial charge in [0.1, 0.15) is 0 Å². The van der Waals surface area contributed by atoms with Crippen LogP contribution in [0.5, 0.6) is 0 Å². The second-order valence-corrected chi connectivity index (χ2v) is 4.46. The average molecular weight is 272 g/mol. The molecular weight excluding hydrogens is 256 g/mol. The Hall–Kier alpha value is -1.70. The molecule has 0 aromatic carbocycles. The van der Waals surface area contributed by atoms with Gasteiger partial charge in [0, 0.05) is 31.6 Å². The summed E-state index contributed by atoms with van der Waals surface area (Å²) in [5.41, 5.74) is -0.000535. The third kappa shape index (κ3) is 5.09. The first-order chi connectivity index (χ1) is 8.63. The van der Waals surface area contributed by atoms with Gasteiger partial charge in [-0.3, -0.25) is 0 Å². The number of hydrogen-bond acceptors (Lipinski definition) is 4. The van der Waals surface area contributed by atoms with Crippen LogP contribution in [0.2, 0.25) is 0 Å². The van der Waals surface area contributed by atoms with Crippen LogP contribution in [0.1, 0.15) is 10.5 Å². The Morgan fingerprint density at radius 1 is 1.44 bits per heavy atom. The van der Waals surface area contributed by atoms with E-state index in [1.165, 1.54) is 12.5 Å². The largest absolute Gasteiger partial charge is 0.476 e. The SMILES string of the molecule is CSCCNC(=O)NCCn1cnc(C(=O)O)c1. The van der Waals surface area contributed by atoms with Gasteiger partial charge in [-0.05, 0) is 6.26 Å². The number of hydrogen-bond donors (Lipinski definition) is 3. The molecule has 100 valence electrons. The molecule has 7 nitrogen and oxygen atoms in total. The minimum Gasteiger partial charge on any atom is -0.476 e. The monoisotopic (exact) mass is 272 g/mol. The van der Waals surface area contributed by atoms with Gasteiger partial charge in [0.15, 0.2) is 5.69 Å². The van der Waals surface area contributed by atoms with E-state index < -0.39 is 5.97 Å². The summed E-state index contributed by atoms with van der Waals surface area (Å²) in [6, 6.07) is -0.220. The van der Waals surface area contributed by atoms with Crippen molar-refractivity contribution in [3.8, 4) is 0 Å². The third-order valence-electron chi connectivity index (χ3n) is 2.10. The van der Waals surface area contributed by atoms with E-state index in [9.17, 15) is 9.59 Å². The number of carboxylic acids is 1. The standard InChI is InChI=1S/C10H16N4O3S/c1-18-5-3-12-10(17)11-2-4-14-6-8(9(15)16)13-7-14/h6-7H,2-5H2,1H3,(H,15,16)(H2,11,12,17).